The lowest BCUT2D eigenvalue weighted by atomic mass is 10.1. The Hall–Kier alpha value is -2.13. The fourth-order valence-corrected chi connectivity index (χ4v) is 4.52. The lowest BCUT2D eigenvalue weighted by molar-refractivity contribution is -0.131. The van der Waals surface area contributed by atoms with E-state index in [9.17, 15) is 4.79 Å². The van der Waals surface area contributed by atoms with E-state index in [1.807, 2.05) is 23.1 Å². The van der Waals surface area contributed by atoms with Crippen LogP contribution >= 0.6 is 11.3 Å². The highest BCUT2D eigenvalue weighted by Gasteiger charge is 2.19. The van der Waals surface area contributed by atoms with Crippen LogP contribution in [0.1, 0.15) is 16.0 Å². The number of rotatable bonds is 9. The van der Waals surface area contributed by atoms with Gasteiger partial charge in [-0.3, -0.25) is 9.69 Å². The van der Waals surface area contributed by atoms with Gasteiger partial charge in [0, 0.05) is 37.6 Å². The molecule has 0 atom stereocenters. The molecule has 1 saturated heterocycles. The molecule has 8 heteroatoms. The molecule has 2 aliphatic heterocycles. The first-order valence-electron chi connectivity index (χ1n) is 10.4. The van der Waals surface area contributed by atoms with Crippen molar-refractivity contribution in [1.29, 1.82) is 0 Å². The third-order valence-corrected chi connectivity index (χ3v) is 6.46. The largest absolute Gasteiger partial charge is 0.454 e. The van der Waals surface area contributed by atoms with Gasteiger partial charge in [0.1, 0.15) is 0 Å². The highest BCUT2D eigenvalue weighted by molar-refractivity contribution is 7.10. The molecule has 1 fully saturated rings. The van der Waals surface area contributed by atoms with Gasteiger partial charge in [0.15, 0.2) is 11.5 Å². The van der Waals surface area contributed by atoms with Crippen molar-refractivity contribution in [2.24, 2.45) is 0 Å². The number of hydrogen-bond donors (Lipinski definition) is 1. The van der Waals surface area contributed by atoms with E-state index < -0.39 is 0 Å². The van der Waals surface area contributed by atoms with Crippen molar-refractivity contribution in [3.63, 3.8) is 0 Å². The number of benzene rings is 1. The molecule has 0 spiro atoms. The Kier molecular flexibility index (Phi) is 7.22. The Morgan fingerprint density at radius 1 is 1.17 bits per heavy atom. The van der Waals surface area contributed by atoms with Gasteiger partial charge in [-0.2, -0.15) is 0 Å². The zero-order chi connectivity index (χ0) is 20.8. The smallest absolute Gasteiger partial charge is 0.237 e. The summed E-state index contributed by atoms with van der Waals surface area (Å²) in [7, 11) is 0. The number of carbonyl (C=O) groups excluding carboxylic acids is 1. The van der Waals surface area contributed by atoms with E-state index in [1.165, 1.54) is 10.4 Å². The molecule has 30 heavy (non-hydrogen) atoms. The molecule has 0 aliphatic carbocycles. The Labute approximate surface area is 181 Å². The number of morpholine rings is 1. The summed E-state index contributed by atoms with van der Waals surface area (Å²) >= 11 is 1.70. The summed E-state index contributed by atoms with van der Waals surface area (Å²) in [5.74, 6) is 1.61. The molecular weight excluding hydrogens is 402 g/mol. The van der Waals surface area contributed by atoms with Crippen LogP contribution in [0.3, 0.4) is 0 Å². The van der Waals surface area contributed by atoms with E-state index in [-0.39, 0.29) is 12.7 Å². The number of carbonyl (C=O) groups is 1. The fraction of sp³-hybridized carbons (Fsp3) is 0.500. The molecule has 2 aliphatic rings. The summed E-state index contributed by atoms with van der Waals surface area (Å²) in [6.07, 6.45) is 0. The van der Waals surface area contributed by atoms with Crippen molar-refractivity contribution >= 4 is 17.2 Å². The summed E-state index contributed by atoms with van der Waals surface area (Å²) in [5, 5.41) is 5.40. The van der Waals surface area contributed by atoms with Gasteiger partial charge in [-0.15, -0.1) is 11.3 Å². The molecule has 2 aromatic rings. The molecule has 1 N–H and O–H groups in total. The minimum absolute atomic E-state index is 0.0995. The lowest BCUT2D eigenvalue weighted by Crippen LogP contribution is -2.43. The van der Waals surface area contributed by atoms with Gasteiger partial charge in [0.2, 0.25) is 12.7 Å². The molecule has 3 heterocycles. The third-order valence-electron chi connectivity index (χ3n) is 5.45. The maximum Gasteiger partial charge on any atom is 0.237 e. The van der Waals surface area contributed by atoms with Crippen molar-refractivity contribution < 1.29 is 19.0 Å². The van der Waals surface area contributed by atoms with Gasteiger partial charge in [0.25, 0.3) is 0 Å². The van der Waals surface area contributed by atoms with Gasteiger partial charge in [-0.05, 0) is 41.6 Å². The second-order valence-electron chi connectivity index (χ2n) is 7.59. The maximum atomic E-state index is 13.0. The van der Waals surface area contributed by atoms with Crippen LogP contribution in [-0.4, -0.2) is 68.4 Å². The summed E-state index contributed by atoms with van der Waals surface area (Å²) in [6.45, 7) is 9.07. The topological polar surface area (TPSA) is 63.3 Å². The number of aryl methyl sites for hydroxylation is 1. The third kappa shape index (κ3) is 5.51. The molecule has 7 nitrogen and oxygen atoms in total. The fourth-order valence-electron chi connectivity index (χ4n) is 3.60. The molecule has 1 amide bonds. The van der Waals surface area contributed by atoms with Gasteiger partial charge < -0.3 is 24.4 Å². The summed E-state index contributed by atoms with van der Waals surface area (Å²) < 4.78 is 16.3. The van der Waals surface area contributed by atoms with Crippen molar-refractivity contribution in [1.82, 2.24) is 15.1 Å². The quantitative estimate of drug-likeness (QED) is 0.615. The highest BCUT2D eigenvalue weighted by atomic mass is 32.1. The Morgan fingerprint density at radius 2 is 2.00 bits per heavy atom. The average Bonchev–Trinajstić information content (AvgIpc) is 3.40. The molecule has 1 aromatic heterocycles. The first-order valence-corrected chi connectivity index (χ1v) is 11.3. The van der Waals surface area contributed by atoms with Crippen LogP contribution < -0.4 is 14.8 Å². The van der Waals surface area contributed by atoms with Crippen LogP contribution in [0.25, 0.3) is 0 Å². The minimum atomic E-state index is 0.0995. The van der Waals surface area contributed by atoms with Crippen LogP contribution in [0.15, 0.2) is 29.6 Å². The SMILES string of the molecule is Cc1ccsc1CN(Cc1ccc2c(c1)OCO2)C(=O)CNCCN1CCOCC1. The predicted octanol–water partition coefficient (Wildman–Crippen LogP) is 2.24. The Bertz CT molecular complexity index is 851. The Balaban J connectivity index is 1.35. The first-order chi connectivity index (χ1) is 14.7. The molecule has 0 bridgehead atoms. The molecule has 162 valence electrons. The zero-order valence-corrected chi connectivity index (χ0v) is 18.2. The van der Waals surface area contributed by atoms with Gasteiger partial charge >= 0.3 is 0 Å². The molecule has 4 rings (SSSR count). The maximum absolute atomic E-state index is 13.0. The Morgan fingerprint density at radius 3 is 2.80 bits per heavy atom. The number of fused-ring (bicyclic) bond motifs is 1. The first kappa shape index (κ1) is 21.1. The number of hydrogen-bond acceptors (Lipinski definition) is 7. The van der Waals surface area contributed by atoms with Crippen molar-refractivity contribution in [2.75, 3.05) is 52.7 Å². The predicted molar refractivity (Wildman–Crippen MR) is 116 cm³/mol. The normalized spacial score (nSPS) is 16.0. The van der Waals surface area contributed by atoms with Crippen molar-refractivity contribution in [3.05, 3.63) is 45.6 Å². The van der Waals surface area contributed by atoms with Crippen LogP contribution in [0.4, 0.5) is 0 Å². The summed E-state index contributed by atoms with van der Waals surface area (Å²) in [5.41, 5.74) is 2.26. The number of nitrogens with zero attached hydrogens (tertiary/aromatic N) is 2. The van der Waals surface area contributed by atoms with Gasteiger partial charge in [0.05, 0.1) is 26.3 Å². The van der Waals surface area contributed by atoms with Crippen LogP contribution in [0.5, 0.6) is 11.5 Å². The summed E-state index contributed by atoms with van der Waals surface area (Å²) in [6, 6.07) is 7.98. The summed E-state index contributed by atoms with van der Waals surface area (Å²) in [4.78, 5) is 18.5. The monoisotopic (exact) mass is 431 g/mol. The average molecular weight is 432 g/mol. The molecule has 0 saturated carbocycles. The van der Waals surface area contributed by atoms with Crippen LogP contribution in [0, 0.1) is 6.92 Å². The number of ether oxygens (including phenoxy) is 3. The van der Waals surface area contributed by atoms with E-state index in [4.69, 9.17) is 14.2 Å². The number of amides is 1. The van der Waals surface area contributed by atoms with E-state index in [0.717, 1.165) is 56.5 Å². The molecular formula is C22H29N3O4S. The van der Waals surface area contributed by atoms with Gasteiger partial charge in [-0.25, -0.2) is 0 Å². The van der Waals surface area contributed by atoms with E-state index in [2.05, 4.69) is 28.6 Å². The number of nitrogens with one attached hydrogen (secondary N) is 1. The van der Waals surface area contributed by atoms with Crippen molar-refractivity contribution in [2.45, 2.75) is 20.0 Å². The molecule has 0 radical (unpaired) electrons. The second-order valence-corrected chi connectivity index (χ2v) is 8.60. The molecule has 0 unspecified atom stereocenters. The highest BCUT2D eigenvalue weighted by Crippen LogP contribution is 2.33. The van der Waals surface area contributed by atoms with Crippen molar-refractivity contribution in [3.8, 4) is 11.5 Å². The van der Waals surface area contributed by atoms with Crippen LogP contribution in [-0.2, 0) is 22.6 Å². The van der Waals surface area contributed by atoms with Gasteiger partial charge in [-0.1, -0.05) is 6.07 Å². The van der Waals surface area contributed by atoms with E-state index in [0.29, 0.717) is 19.6 Å². The van der Waals surface area contributed by atoms with E-state index >= 15 is 0 Å². The second kappa shape index (κ2) is 10.3. The van der Waals surface area contributed by atoms with E-state index in [1.54, 1.807) is 11.3 Å². The zero-order valence-electron chi connectivity index (χ0n) is 17.4. The standard InChI is InChI=1S/C22H29N3O4S/c1-17-4-11-30-21(17)15-25(14-18-2-3-19-20(12-18)29-16-28-19)22(26)13-23-5-6-24-7-9-27-10-8-24/h2-4,11-12,23H,5-10,13-16H2,1H3. The molecule has 1 aromatic carbocycles. The van der Waals surface area contributed by atoms with Crippen LogP contribution in [0.2, 0.25) is 0 Å². The number of thiophene rings is 1. The minimum Gasteiger partial charge on any atom is -0.454 e. The lowest BCUT2D eigenvalue weighted by Gasteiger charge is -2.27.